The number of ether oxygens (including phenoxy) is 1. The molecular formula is C17H28N2O2. The number of benzene rings is 1. The second-order valence-corrected chi connectivity index (χ2v) is 5.28. The third kappa shape index (κ3) is 7.71. The van der Waals surface area contributed by atoms with Crippen LogP contribution in [0.5, 0.6) is 5.75 Å². The molecule has 2 N–H and O–H groups in total. The predicted octanol–water partition coefficient (Wildman–Crippen LogP) is 2.52. The van der Waals surface area contributed by atoms with E-state index in [2.05, 4.69) is 36.6 Å². The summed E-state index contributed by atoms with van der Waals surface area (Å²) in [7, 11) is 0. The van der Waals surface area contributed by atoms with Crippen LogP contribution in [0.4, 0.5) is 0 Å². The van der Waals surface area contributed by atoms with E-state index in [-0.39, 0.29) is 12.5 Å². The van der Waals surface area contributed by atoms with Gasteiger partial charge in [-0.1, -0.05) is 19.1 Å². The predicted molar refractivity (Wildman–Crippen MR) is 86.7 cm³/mol. The Balaban J connectivity index is 2.31. The maximum atomic E-state index is 11.3. The molecule has 0 aliphatic carbocycles. The van der Waals surface area contributed by atoms with Gasteiger partial charge >= 0.3 is 0 Å². The molecule has 1 amide bonds. The van der Waals surface area contributed by atoms with Gasteiger partial charge in [0.1, 0.15) is 5.75 Å². The molecule has 0 aromatic heterocycles. The highest BCUT2D eigenvalue weighted by atomic mass is 16.5. The normalized spacial score (nSPS) is 12.0. The summed E-state index contributed by atoms with van der Waals surface area (Å²) in [6.07, 6.45) is 3.34. The molecule has 0 bridgehead atoms. The lowest BCUT2D eigenvalue weighted by atomic mass is 10.1. The zero-order chi connectivity index (χ0) is 15.5. The first-order valence-corrected chi connectivity index (χ1v) is 7.87. The summed E-state index contributed by atoms with van der Waals surface area (Å²) in [4.78, 5) is 11.3. The SMILES string of the molecule is CCCNC(C)CCc1ccc(OCC(=O)NCC)cc1. The van der Waals surface area contributed by atoms with Crippen LogP contribution >= 0.6 is 0 Å². The van der Waals surface area contributed by atoms with Gasteiger partial charge in [-0.2, -0.15) is 0 Å². The van der Waals surface area contributed by atoms with Crippen molar-refractivity contribution in [2.75, 3.05) is 19.7 Å². The number of carbonyl (C=O) groups is 1. The van der Waals surface area contributed by atoms with Crippen LogP contribution in [0.15, 0.2) is 24.3 Å². The summed E-state index contributed by atoms with van der Waals surface area (Å²) in [6, 6.07) is 8.54. The average Bonchev–Trinajstić information content (AvgIpc) is 2.50. The largest absolute Gasteiger partial charge is 0.484 e. The molecule has 1 unspecified atom stereocenters. The van der Waals surface area contributed by atoms with Gasteiger partial charge in [0.05, 0.1) is 0 Å². The van der Waals surface area contributed by atoms with Crippen LogP contribution in [0, 0.1) is 0 Å². The lowest BCUT2D eigenvalue weighted by molar-refractivity contribution is -0.122. The Hall–Kier alpha value is -1.55. The Morgan fingerprint density at radius 2 is 1.95 bits per heavy atom. The second-order valence-electron chi connectivity index (χ2n) is 5.28. The summed E-state index contributed by atoms with van der Waals surface area (Å²) in [5, 5.41) is 6.20. The standard InChI is InChI=1S/C17H28N2O2/c1-4-12-19-14(3)6-7-15-8-10-16(11-9-15)21-13-17(20)18-5-2/h8-11,14,19H,4-7,12-13H2,1-3H3,(H,18,20). The van der Waals surface area contributed by atoms with Crippen LogP contribution in [-0.4, -0.2) is 31.6 Å². The molecule has 0 spiro atoms. The van der Waals surface area contributed by atoms with Gasteiger partial charge in [-0.05, 0) is 57.4 Å². The van der Waals surface area contributed by atoms with Gasteiger partial charge in [0.15, 0.2) is 6.61 Å². The lowest BCUT2D eigenvalue weighted by Gasteiger charge is -2.13. The number of hydrogen-bond donors (Lipinski definition) is 2. The Morgan fingerprint density at radius 1 is 1.24 bits per heavy atom. The monoisotopic (exact) mass is 292 g/mol. The van der Waals surface area contributed by atoms with Crippen LogP contribution < -0.4 is 15.4 Å². The number of hydrogen-bond acceptors (Lipinski definition) is 3. The first-order chi connectivity index (χ1) is 10.2. The fourth-order valence-electron chi connectivity index (χ4n) is 2.03. The van der Waals surface area contributed by atoms with E-state index in [0.29, 0.717) is 12.6 Å². The summed E-state index contributed by atoms with van der Waals surface area (Å²) in [5.41, 5.74) is 1.30. The molecule has 1 aromatic rings. The molecule has 0 saturated heterocycles. The average molecular weight is 292 g/mol. The van der Waals surface area contributed by atoms with E-state index < -0.39 is 0 Å². The summed E-state index contributed by atoms with van der Waals surface area (Å²) in [6.45, 7) is 8.08. The minimum absolute atomic E-state index is 0.0746. The van der Waals surface area contributed by atoms with Crippen molar-refractivity contribution in [2.45, 2.75) is 46.1 Å². The molecule has 1 atom stereocenters. The second kappa shape index (κ2) is 10.2. The van der Waals surface area contributed by atoms with Crippen molar-refractivity contribution < 1.29 is 9.53 Å². The number of carbonyl (C=O) groups excluding carboxylic acids is 1. The smallest absolute Gasteiger partial charge is 0.257 e. The van der Waals surface area contributed by atoms with E-state index in [4.69, 9.17) is 4.74 Å². The number of nitrogens with one attached hydrogen (secondary N) is 2. The molecule has 0 heterocycles. The van der Waals surface area contributed by atoms with Crippen molar-refractivity contribution >= 4 is 5.91 Å². The van der Waals surface area contributed by atoms with Gasteiger partial charge in [-0.15, -0.1) is 0 Å². The van der Waals surface area contributed by atoms with Crippen molar-refractivity contribution in [3.63, 3.8) is 0 Å². The maximum Gasteiger partial charge on any atom is 0.257 e. The first-order valence-electron chi connectivity index (χ1n) is 7.87. The summed E-state index contributed by atoms with van der Waals surface area (Å²) < 4.78 is 5.43. The van der Waals surface area contributed by atoms with Gasteiger partial charge in [-0.3, -0.25) is 4.79 Å². The molecule has 4 nitrogen and oxygen atoms in total. The van der Waals surface area contributed by atoms with Gasteiger partial charge in [0.2, 0.25) is 0 Å². The minimum Gasteiger partial charge on any atom is -0.484 e. The Morgan fingerprint density at radius 3 is 2.57 bits per heavy atom. The van der Waals surface area contributed by atoms with E-state index in [9.17, 15) is 4.79 Å². The zero-order valence-corrected chi connectivity index (χ0v) is 13.4. The molecule has 21 heavy (non-hydrogen) atoms. The van der Waals surface area contributed by atoms with Crippen molar-refractivity contribution in [2.24, 2.45) is 0 Å². The molecule has 1 rings (SSSR count). The molecule has 0 saturated carbocycles. The molecule has 0 fully saturated rings. The third-order valence-electron chi connectivity index (χ3n) is 3.28. The topological polar surface area (TPSA) is 50.4 Å². The van der Waals surface area contributed by atoms with Crippen molar-refractivity contribution in [3.05, 3.63) is 29.8 Å². The number of amides is 1. The minimum atomic E-state index is -0.0857. The van der Waals surface area contributed by atoms with Crippen molar-refractivity contribution in [1.29, 1.82) is 0 Å². The van der Waals surface area contributed by atoms with Crippen LogP contribution in [0.2, 0.25) is 0 Å². The van der Waals surface area contributed by atoms with Gasteiger partial charge in [0.25, 0.3) is 5.91 Å². The van der Waals surface area contributed by atoms with E-state index >= 15 is 0 Å². The number of likely N-dealkylation sites (N-methyl/N-ethyl adjacent to an activating group) is 1. The lowest BCUT2D eigenvalue weighted by Crippen LogP contribution is -2.28. The molecule has 0 aliphatic rings. The highest BCUT2D eigenvalue weighted by Crippen LogP contribution is 2.14. The third-order valence-corrected chi connectivity index (χ3v) is 3.28. The molecule has 0 aliphatic heterocycles. The van der Waals surface area contributed by atoms with E-state index in [1.54, 1.807) is 0 Å². The Labute approximate surface area is 128 Å². The van der Waals surface area contributed by atoms with E-state index in [1.807, 2.05) is 19.1 Å². The molecule has 4 heteroatoms. The fourth-order valence-corrected chi connectivity index (χ4v) is 2.03. The number of rotatable bonds is 10. The highest BCUT2D eigenvalue weighted by molar-refractivity contribution is 5.77. The van der Waals surface area contributed by atoms with Crippen LogP contribution in [-0.2, 0) is 11.2 Å². The van der Waals surface area contributed by atoms with Gasteiger partial charge in [0, 0.05) is 12.6 Å². The quantitative estimate of drug-likeness (QED) is 0.697. The van der Waals surface area contributed by atoms with Crippen LogP contribution in [0.25, 0.3) is 0 Å². The Bertz CT molecular complexity index is 404. The highest BCUT2D eigenvalue weighted by Gasteiger charge is 2.03. The van der Waals surface area contributed by atoms with Crippen molar-refractivity contribution in [3.8, 4) is 5.75 Å². The van der Waals surface area contributed by atoms with Crippen molar-refractivity contribution in [1.82, 2.24) is 10.6 Å². The van der Waals surface area contributed by atoms with Crippen LogP contribution in [0.3, 0.4) is 0 Å². The number of aryl methyl sites for hydroxylation is 1. The fraction of sp³-hybridized carbons (Fsp3) is 0.588. The van der Waals surface area contributed by atoms with E-state index in [1.165, 1.54) is 12.0 Å². The summed E-state index contributed by atoms with van der Waals surface area (Å²) in [5.74, 6) is 0.652. The van der Waals surface area contributed by atoms with E-state index in [0.717, 1.165) is 25.1 Å². The Kier molecular flexibility index (Phi) is 8.51. The maximum absolute atomic E-state index is 11.3. The summed E-state index contributed by atoms with van der Waals surface area (Å²) >= 11 is 0. The first kappa shape index (κ1) is 17.5. The van der Waals surface area contributed by atoms with Crippen LogP contribution in [0.1, 0.15) is 39.2 Å². The molecular weight excluding hydrogens is 264 g/mol. The zero-order valence-electron chi connectivity index (χ0n) is 13.4. The van der Waals surface area contributed by atoms with Gasteiger partial charge in [-0.25, -0.2) is 0 Å². The molecule has 118 valence electrons. The molecule has 0 radical (unpaired) electrons. The molecule has 1 aromatic carbocycles. The van der Waals surface area contributed by atoms with Gasteiger partial charge < -0.3 is 15.4 Å².